The number of carbonyl (C=O) groups is 1. The average molecular weight is 286 g/mol. The van der Waals surface area contributed by atoms with Gasteiger partial charge in [0.25, 0.3) is 5.56 Å². The molecule has 1 aromatic carbocycles. The molecule has 0 spiro atoms. The predicted molar refractivity (Wildman–Crippen MR) is 80.4 cm³/mol. The number of nitrogens with zero attached hydrogens (tertiary/aromatic N) is 2. The minimum Gasteiger partial charge on any atom is -0.480 e. The molecule has 0 radical (unpaired) electrons. The minimum atomic E-state index is -1.09. The molecular weight excluding hydrogens is 268 g/mol. The Balaban J connectivity index is 2.43. The molecule has 0 amide bonds. The summed E-state index contributed by atoms with van der Waals surface area (Å²) in [6, 6.07) is 9.84. The quantitative estimate of drug-likeness (QED) is 0.938. The monoisotopic (exact) mass is 286 g/mol. The van der Waals surface area contributed by atoms with Gasteiger partial charge in [0.1, 0.15) is 0 Å². The Morgan fingerprint density at radius 2 is 1.71 bits per heavy atom. The highest BCUT2D eigenvalue weighted by Gasteiger charge is 2.16. The molecule has 0 saturated carbocycles. The van der Waals surface area contributed by atoms with Gasteiger partial charge in [0.15, 0.2) is 6.04 Å². The molecule has 1 atom stereocenters. The lowest BCUT2D eigenvalue weighted by molar-refractivity contribution is -0.140. The smallest absolute Gasteiger partial charge is 0.328 e. The first kappa shape index (κ1) is 15.0. The molecule has 0 aliphatic carbocycles. The largest absolute Gasteiger partial charge is 0.480 e. The van der Waals surface area contributed by atoms with E-state index in [1.165, 1.54) is 18.6 Å². The van der Waals surface area contributed by atoms with Crippen molar-refractivity contribution in [1.82, 2.24) is 9.78 Å². The van der Waals surface area contributed by atoms with Crippen LogP contribution in [0.5, 0.6) is 0 Å². The van der Waals surface area contributed by atoms with Crippen molar-refractivity contribution in [3.05, 3.63) is 52.3 Å². The lowest BCUT2D eigenvalue weighted by Gasteiger charge is -2.11. The van der Waals surface area contributed by atoms with E-state index >= 15 is 0 Å². The fourth-order valence-electron chi connectivity index (χ4n) is 2.00. The molecule has 110 valence electrons. The number of hydrogen-bond donors (Lipinski definition) is 1. The van der Waals surface area contributed by atoms with Crippen molar-refractivity contribution in [2.24, 2.45) is 0 Å². The van der Waals surface area contributed by atoms with Gasteiger partial charge in [-0.2, -0.15) is 5.10 Å². The van der Waals surface area contributed by atoms with E-state index < -0.39 is 17.6 Å². The molecule has 0 aliphatic heterocycles. The Labute approximate surface area is 122 Å². The third-order valence-corrected chi connectivity index (χ3v) is 3.42. The van der Waals surface area contributed by atoms with Crippen LogP contribution in [0.15, 0.2) is 41.2 Å². The van der Waals surface area contributed by atoms with Crippen molar-refractivity contribution in [1.29, 1.82) is 0 Å². The second-order valence-electron chi connectivity index (χ2n) is 5.29. The van der Waals surface area contributed by atoms with Crippen LogP contribution in [0.1, 0.15) is 38.3 Å². The van der Waals surface area contributed by atoms with Gasteiger partial charge < -0.3 is 5.11 Å². The van der Waals surface area contributed by atoms with Gasteiger partial charge in [0, 0.05) is 11.6 Å². The van der Waals surface area contributed by atoms with Crippen molar-refractivity contribution in [3.63, 3.8) is 0 Å². The normalized spacial score (nSPS) is 12.4. The molecule has 1 unspecified atom stereocenters. The van der Waals surface area contributed by atoms with Gasteiger partial charge in [-0.25, -0.2) is 9.48 Å². The first-order valence-corrected chi connectivity index (χ1v) is 6.83. The van der Waals surface area contributed by atoms with Gasteiger partial charge in [0.2, 0.25) is 0 Å². The lowest BCUT2D eigenvalue weighted by atomic mass is 10.0. The summed E-state index contributed by atoms with van der Waals surface area (Å²) in [7, 11) is 0. The third-order valence-electron chi connectivity index (χ3n) is 3.42. The molecule has 1 heterocycles. The van der Waals surface area contributed by atoms with Crippen LogP contribution < -0.4 is 5.56 Å². The molecule has 2 rings (SSSR count). The topological polar surface area (TPSA) is 72.2 Å². The summed E-state index contributed by atoms with van der Waals surface area (Å²) < 4.78 is 0.994. The Morgan fingerprint density at radius 1 is 1.10 bits per heavy atom. The van der Waals surface area contributed by atoms with Gasteiger partial charge in [-0.15, -0.1) is 0 Å². The molecule has 0 saturated heterocycles. The summed E-state index contributed by atoms with van der Waals surface area (Å²) in [5, 5.41) is 13.2. The van der Waals surface area contributed by atoms with E-state index in [1.807, 2.05) is 24.3 Å². The van der Waals surface area contributed by atoms with E-state index in [4.69, 9.17) is 5.11 Å². The standard InChI is InChI=1S/C16H18N2O3/c1-10(2)12-4-6-13(7-5-12)14-8-9-15(19)18(17-14)11(3)16(20)21/h4-11H,1-3H3,(H,20,21). The second kappa shape index (κ2) is 5.91. The van der Waals surface area contributed by atoms with E-state index in [2.05, 4.69) is 18.9 Å². The van der Waals surface area contributed by atoms with Crippen molar-refractivity contribution >= 4 is 5.97 Å². The average Bonchev–Trinajstić information content (AvgIpc) is 2.47. The van der Waals surface area contributed by atoms with E-state index in [0.717, 1.165) is 10.2 Å². The van der Waals surface area contributed by atoms with E-state index in [9.17, 15) is 9.59 Å². The summed E-state index contributed by atoms with van der Waals surface area (Å²) in [4.78, 5) is 22.7. The predicted octanol–water partition coefficient (Wildman–Crippen LogP) is 2.68. The van der Waals surface area contributed by atoms with Crippen LogP contribution in [0, 0.1) is 0 Å². The van der Waals surface area contributed by atoms with E-state index in [-0.39, 0.29) is 0 Å². The summed E-state index contributed by atoms with van der Waals surface area (Å²) in [5.74, 6) is -0.648. The molecule has 1 N–H and O–H groups in total. The van der Waals surface area contributed by atoms with Crippen LogP contribution in [0.25, 0.3) is 11.3 Å². The SMILES string of the molecule is CC(C)c1ccc(-c2ccc(=O)n(C(C)C(=O)O)n2)cc1. The fraction of sp³-hybridized carbons (Fsp3) is 0.312. The molecule has 2 aromatic rings. The maximum absolute atomic E-state index is 11.7. The zero-order chi connectivity index (χ0) is 15.6. The van der Waals surface area contributed by atoms with Crippen LogP contribution in [0.4, 0.5) is 0 Å². The number of carboxylic acid groups (broad SMARTS) is 1. The van der Waals surface area contributed by atoms with E-state index in [1.54, 1.807) is 6.07 Å². The summed E-state index contributed by atoms with van der Waals surface area (Å²) in [5.41, 5.74) is 2.22. The number of carboxylic acids is 1. The van der Waals surface area contributed by atoms with Crippen molar-refractivity contribution in [2.45, 2.75) is 32.7 Å². The number of hydrogen-bond acceptors (Lipinski definition) is 3. The summed E-state index contributed by atoms with van der Waals surface area (Å²) in [6.07, 6.45) is 0. The zero-order valence-electron chi connectivity index (χ0n) is 12.3. The van der Waals surface area contributed by atoms with Gasteiger partial charge in [0.05, 0.1) is 5.69 Å². The summed E-state index contributed by atoms with van der Waals surface area (Å²) >= 11 is 0. The first-order chi connectivity index (χ1) is 9.90. The highest BCUT2D eigenvalue weighted by atomic mass is 16.4. The number of benzene rings is 1. The molecule has 1 aromatic heterocycles. The lowest BCUT2D eigenvalue weighted by Crippen LogP contribution is -2.29. The molecule has 5 heteroatoms. The molecule has 0 fully saturated rings. The molecule has 5 nitrogen and oxygen atoms in total. The van der Waals surface area contributed by atoms with Gasteiger partial charge in [-0.3, -0.25) is 4.79 Å². The van der Waals surface area contributed by atoms with Crippen LogP contribution in [-0.4, -0.2) is 20.9 Å². The highest BCUT2D eigenvalue weighted by Crippen LogP contribution is 2.20. The minimum absolute atomic E-state index is 0.424. The Kier molecular flexibility index (Phi) is 4.21. The van der Waals surface area contributed by atoms with Crippen LogP contribution in [-0.2, 0) is 4.79 Å². The maximum Gasteiger partial charge on any atom is 0.328 e. The van der Waals surface area contributed by atoms with Crippen LogP contribution >= 0.6 is 0 Å². The number of rotatable bonds is 4. The fourth-order valence-corrected chi connectivity index (χ4v) is 2.00. The van der Waals surface area contributed by atoms with Crippen LogP contribution in [0.2, 0.25) is 0 Å². The molecule has 0 aliphatic rings. The van der Waals surface area contributed by atoms with Gasteiger partial charge >= 0.3 is 5.97 Å². The second-order valence-corrected chi connectivity index (χ2v) is 5.29. The van der Waals surface area contributed by atoms with Crippen LogP contribution in [0.3, 0.4) is 0 Å². The van der Waals surface area contributed by atoms with E-state index in [0.29, 0.717) is 11.6 Å². The number of aliphatic carboxylic acids is 1. The van der Waals surface area contributed by atoms with Crippen molar-refractivity contribution in [3.8, 4) is 11.3 Å². The Hall–Kier alpha value is -2.43. The third kappa shape index (κ3) is 3.18. The molecule has 21 heavy (non-hydrogen) atoms. The maximum atomic E-state index is 11.7. The van der Waals surface area contributed by atoms with Crippen molar-refractivity contribution < 1.29 is 9.90 Å². The Bertz CT molecular complexity index is 702. The van der Waals surface area contributed by atoms with Gasteiger partial charge in [-0.1, -0.05) is 38.1 Å². The highest BCUT2D eigenvalue weighted by molar-refractivity contribution is 5.71. The first-order valence-electron chi connectivity index (χ1n) is 6.83. The Morgan fingerprint density at radius 3 is 2.24 bits per heavy atom. The molecule has 0 bridgehead atoms. The zero-order valence-corrected chi connectivity index (χ0v) is 12.3. The number of aromatic nitrogens is 2. The van der Waals surface area contributed by atoms with Gasteiger partial charge in [-0.05, 0) is 24.5 Å². The van der Waals surface area contributed by atoms with Crippen molar-refractivity contribution in [2.75, 3.05) is 0 Å². The molecular formula is C16H18N2O3. The summed E-state index contributed by atoms with van der Waals surface area (Å²) in [6.45, 7) is 5.66.